The maximum atomic E-state index is 10.9. The Morgan fingerprint density at radius 1 is 1.33 bits per heavy atom. The molecule has 0 aliphatic carbocycles. The van der Waals surface area contributed by atoms with Crippen LogP contribution in [0.15, 0.2) is 0 Å². The molecule has 70 valence electrons. The van der Waals surface area contributed by atoms with E-state index in [1.54, 1.807) is 0 Å². The zero-order valence-electron chi connectivity index (χ0n) is 7.67. The summed E-state index contributed by atoms with van der Waals surface area (Å²) in [4.78, 5) is 21.5. The summed E-state index contributed by atoms with van der Waals surface area (Å²) < 4.78 is 0. The first-order valence-corrected chi connectivity index (χ1v) is 4.28. The number of hydrogen-bond acceptors (Lipinski definition) is 3. The van der Waals surface area contributed by atoms with Crippen LogP contribution in [-0.4, -0.2) is 22.8 Å². The van der Waals surface area contributed by atoms with Gasteiger partial charge in [-0.15, -0.1) is 0 Å². The van der Waals surface area contributed by atoms with Gasteiger partial charge in [-0.2, -0.15) is 0 Å². The van der Waals surface area contributed by atoms with Crippen molar-refractivity contribution in [3.63, 3.8) is 0 Å². The number of rotatable bonds is 6. The minimum absolute atomic E-state index is 0.123. The van der Waals surface area contributed by atoms with Crippen molar-refractivity contribution in [1.29, 1.82) is 0 Å². The molecule has 0 aliphatic heterocycles. The van der Waals surface area contributed by atoms with Crippen molar-refractivity contribution in [2.45, 2.75) is 45.6 Å². The molecule has 1 atom stereocenters. The highest BCUT2D eigenvalue weighted by molar-refractivity contribution is 5.82. The van der Waals surface area contributed by atoms with E-state index >= 15 is 0 Å². The number of aliphatic hydroxyl groups excluding tert-OH is 1. The van der Waals surface area contributed by atoms with Gasteiger partial charge in [0.05, 0.1) is 0 Å². The fraction of sp³-hybridized carbons (Fsp3) is 0.778. The lowest BCUT2D eigenvalue weighted by atomic mass is 10.1. The molecule has 3 nitrogen and oxygen atoms in total. The van der Waals surface area contributed by atoms with Crippen molar-refractivity contribution in [1.82, 2.24) is 0 Å². The van der Waals surface area contributed by atoms with Crippen molar-refractivity contribution >= 4 is 11.6 Å². The van der Waals surface area contributed by atoms with Gasteiger partial charge in [0.1, 0.15) is 11.9 Å². The summed E-state index contributed by atoms with van der Waals surface area (Å²) >= 11 is 0. The summed E-state index contributed by atoms with van der Waals surface area (Å²) in [6.07, 6.45) is 1.01. The molecule has 0 radical (unpaired) electrons. The molecule has 1 unspecified atom stereocenters. The molecular formula is C9H16O3. The van der Waals surface area contributed by atoms with Crippen LogP contribution in [0.4, 0.5) is 0 Å². The lowest BCUT2D eigenvalue weighted by Gasteiger charge is -2.04. The molecule has 0 spiro atoms. The molecule has 3 heteroatoms. The van der Waals surface area contributed by atoms with Crippen molar-refractivity contribution in [3.05, 3.63) is 0 Å². The number of aliphatic hydroxyl groups is 1. The lowest BCUT2D eigenvalue weighted by molar-refractivity contribution is -0.126. The molecular weight excluding hydrogens is 156 g/mol. The van der Waals surface area contributed by atoms with Gasteiger partial charge in [0.2, 0.25) is 0 Å². The Balaban J connectivity index is 3.54. The van der Waals surface area contributed by atoms with Crippen LogP contribution in [0.2, 0.25) is 0 Å². The highest BCUT2D eigenvalue weighted by Gasteiger charge is 2.11. The standard InChI is InChI=1S/C9H16O3/c1-3-4-8(11)5-6-9(12)7(2)10/h9,12H,3-6H2,1-2H3. The minimum Gasteiger partial charge on any atom is -0.385 e. The van der Waals surface area contributed by atoms with Gasteiger partial charge in [-0.25, -0.2) is 0 Å². The Hall–Kier alpha value is -0.700. The second-order valence-corrected chi connectivity index (χ2v) is 2.95. The van der Waals surface area contributed by atoms with Gasteiger partial charge in [-0.05, 0) is 19.8 Å². The second-order valence-electron chi connectivity index (χ2n) is 2.95. The van der Waals surface area contributed by atoms with Gasteiger partial charge in [0.15, 0.2) is 5.78 Å². The zero-order chi connectivity index (χ0) is 9.56. The molecule has 0 heterocycles. The normalized spacial score (nSPS) is 12.6. The van der Waals surface area contributed by atoms with E-state index in [0.29, 0.717) is 12.8 Å². The van der Waals surface area contributed by atoms with Crippen LogP contribution in [0.5, 0.6) is 0 Å². The third-order valence-electron chi connectivity index (χ3n) is 1.69. The van der Waals surface area contributed by atoms with Gasteiger partial charge in [0, 0.05) is 12.8 Å². The molecule has 0 saturated carbocycles. The number of ketones is 2. The molecule has 0 saturated heterocycles. The van der Waals surface area contributed by atoms with E-state index in [1.165, 1.54) is 6.92 Å². The second kappa shape index (κ2) is 5.89. The number of hydrogen-bond donors (Lipinski definition) is 1. The Bertz CT molecular complexity index is 163. The Labute approximate surface area is 72.8 Å². The summed E-state index contributed by atoms with van der Waals surface area (Å²) in [5.74, 6) is -0.142. The quantitative estimate of drug-likeness (QED) is 0.652. The fourth-order valence-corrected chi connectivity index (χ4v) is 0.905. The predicted molar refractivity (Wildman–Crippen MR) is 45.8 cm³/mol. The van der Waals surface area contributed by atoms with Crippen LogP contribution in [-0.2, 0) is 9.59 Å². The smallest absolute Gasteiger partial charge is 0.158 e. The number of carbonyl (C=O) groups excluding carboxylic acids is 2. The molecule has 0 aliphatic rings. The first-order chi connectivity index (χ1) is 5.57. The average Bonchev–Trinajstić information content (AvgIpc) is 2.00. The monoisotopic (exact) mass is 172 g/mol. The molecule has 0 amide bonds. The lowest BCUT2D eigenvalue weighted by Crippen LogP contribution is -2.18. The molecule has 0 fully saturated rings. The molecule has 12 heavy (non-hydrogen) atoms. The van der Waals surface area contributed by atoms with Crippen LogP contribution in [0, 0.1) is 0 Å². The zero-order valence-corrected chi connectivity index (χ0v) is 7.67. The summed E-state index contributed by atoms with van der Waals surface area (Å²) in [6, 6.07) is 0. The van der Waals surface area contributed by atoms with Crippen LogP contribution in [0.25, 0.3) is 0 Å². The van der Waals surface area contributed by atoms with Crippen LogP contribution in [0.1, 0.15) is 39.5 Å². The number of Topliss-reactive ketones (excluding diaryl/α,β-unsaturated/α-hetero) is 2. The van der Waals surface area contributed by atoms with Gasteiger partial charge in [-0.1, -0.05) is 6.92 Å². The maximum Gasteiger partial charge on any atom is 0.158 e. The molecule has 0 bridgehead atoms. The predicted octanol–water partition coefficient (Wildman–Crippen LogP) is 1.09. The molecule has 1 N–H and O–H groups in total. The van der Waals surface area contributed by atoms with Crippen molar-refractivity contribution in [3.8, 4) is 0 Å². The van der Waals surface area contributed by atoms with Gasteiger partial charge in [-0.3, -0.25) is 9.59 Å². The van der Waals surface area contributed by atoms with E-state index in [0.717, 1.165) is 6.42 Å². The fourth-order valence-electron chi connectivity index (χ4n) is 0.905. The first kappa shape index (κ1) is 11.3. The van der Waals surface area contributed by atoms with Crippen molar-refractivity contribution in [2.24, 2.45) is 0 Å². The van der Waals surface area contributed by atoms with Gasteiger partial charge >= 0.3 is 0 Å². The van der Waals surface area contributed by atoms with Crippen molar-refractivity contribution in [2.75, 3.05) is 0 Å². The van der Waals surface area contributed by atoms with Gasteiger partial charge in [0.25, 0.3) is 0 Å². The first-order valence-electron chi connectivity index (χ1n) is 4.28. The summed E-state index contributed by atoms with van der Waals surface area (Å²) in [7, 11) is 0. The van der Waals surface area contributed by atoms with E-state index in [-0.39, 0.29) is 18.0 Å². The molecule has 0 aromatic heterocycles. The van der Waals surface area contributed by atoms with E-state index < -0.39 is 6.10 Å². The molecule has 0 rings (SSSR count). The minimum atomic E-state index is -0.953. The third kappa shape index (κ3) is 5.02. The third-order valence-corrected chi connectivity index (χ3v) is 1.69. The highest BCUT2D eigenvalue weighted by Crippen LogP contribution is 2.02. The number of carbonyl (C=O) groups is 2. The maximum absolute atomic E-state index is 10.9. The Kier molecular flexibility index (Phi) is 5.54. The average molecular weight is 172 g/mol. The largest absolute Gasteiger partial charge is 0.385 e. The Morgan fingerprint density at radius 3 is 2.33 bits per heavy atom. The van der Waals surface area contributed by atoms with Gasteiger partial charge < -0.3 is 5.11 Å². The van der Waals surface area contributed by atoms with E-state index in [1.807, 2.05) is 6.92 Å². The summed E-state index contributed by atoms with van der Waals surface area (Å²) in [5.41, 5.74) is 0. The molecule has 0 aromatic rings. The van der Waals surface area contributed by atoms with Crippen molar-refractivity contribution < 1.29 is 14.7 Å². The Morgan fingerprint density at radius 2 is 1.92 bits per heavy atom. The summed E-state index contributed by atoms with van der Waals surface area (Å²) in [5, 5.41) is 9.04. The SMILES string of the molecule is CCCC(=O)CCC(O)C(C)=O. The van der Waals surface area contributed by atoms with E-state index in [2.05, 4.69) is 0 Å². The summed E-state index contributed by atoms with van der Waals surface area (Å²) in [6.45, 7) is 3.26. The molecule has 0 aromatic carbocycles. The van der Waals surface area contributed by atoms with E-state index in [4.69, 9.17) is 5.11 Å². The van der Waals surface area contributed by atoms with Crippen LogP contribution < -0.4 is 0 Å². The van der Waals surface area contributed by atoms with Crippen LogP contribution in [0.3, 0.4) is 0 Å². The van der Waals surface area contributed by atoms with E-state index in [9.17, 15) is 9.59 Å². The van der Waals surface area contributed by atoms with Crippen LogP contribution >= 0.6 is 0 Å². The highest BCUT2D eigenvalue weighted by atomic mass is 16.3. The topological polar surface area (TPSA) is 54.4 Å².